The number of aliphatic hydroxyl groups is 1. The van der Waals surface area contributed by atoms with Crippen LogP contribution in [-0.4, -0.2) is 17.0 Å². The molecule has 29 heavy (non-hydrogen) atoms. The number of rotatable bonds is 5. The molecule has 0 heterocycles. The fourth-order valence-electron chi connectivity index (χ4n) is 8.28. The maximum absolute atomic E-state index is 13.4. The monoisotopic (exact) mass is 398 g/mol. The van der Waals surface area contributed by atoms with Gasteiger partial charge in [-0.05, 0) is 105 Å². The Morgan fingerprint density at radius 3 is 2.69 bits per heavy atom. The lowest BCUT2D eigenvalue weighted by atomic mass is 9.46. The second-order valence-corrected chi connectivity index (χ2v) is 11.7. The third kappa shape index (κ3) is 3.48. The van der Waals surface area contributed by atoms with E-state index in [9.17, 15) is 9.90 Å². The van der Waals surface area contributed by atoms with Crippen molar-refractivity contribution < 1.29 is 9.90 Å². The van der Waals surface area contributed by atoms with Crippen LogP contribution in [0.15, 0.2) is 23.8 Å². The topological polar surface area (TPSA) is 37.3 Å². The Hall–Kier alpha value is -0.890. The van der Waals surface area contributed by atoms with Gasteiger partial charge in [-0.3, -0.25) is 4.79 Å². The van der Waals surface area contributed by atoms with E-state index in [1.54, 1.807) is 0 Å². The van der Waals surface area contributed by atoms with Gasteiger partial charge in [0.1, 0.15) is 0 Å². The van der Waals surface area contributed by atoms with E-state index in [1.807, 2.05) is 6.08 Å². The third-order valence-electron chi connectivity index (χ3n) is 9.94. The minimum Gasteiger partial charge on any atom is -0.393 e. The van der Waals surface area contributed by atoms with Crippen LogP contribution in [0.3, 0.4) is 0 Å². The van der Waals surface area contributed by atoms with E-state index < -0.39 is 0 Å². The van der Waals surface area contributed by atoms with Crippen LogP contribution in [0.5, 0.6) is 0 Å². The predicted molar refractivity (Wildman–Crippen MR) is 119 cm³/mol. The van der Waals surface area contributed by atoms with Gasteiger partial charge in [0.05, 0.1) is 6.10 Å². The van der Waals surface area contributed by atoms with Gasteiger partial charge >= 0.3 is 0 Å². The Morgan fingerprint density at radius 2 is 1.97 bits per heavy atom. The molecule has 0 unspecified atom stereocenters. The van der Waals surface area contributed by atoms with Crippen molar-refractivity contribution in [3.63, 3.8) is 0 Å². The molecule has 4 aliphatic rings. The van der Waals surface area contributed by atoms with Gasteiger partial charge in [0.2, 0.25) is 0 Å². The molecule has 4 aliphatic carbocycles. The first-order chi connectivity index (χ1) is 13.7. The van der Waals surface area contributed by atoms with Crippen molar-refractivity contribution in [3.8, 4) is 0 Å². The summed E-state index contributed by atoms with van der Waals surface area (Å²) in [5, 5.41) is 10.2. The number of ketones is 1. The molecule has 0 aromatic carbocycles. The number of allylic oxidation sites excluding steroid dienone is 2. The maximum Gasteiger partial charge on any atom is 0.159 e. The summed E-state index contributed by atoms with van der Waals surface area (Å²) < 4.78 is 0. The lowest BCUT2D eigenvalue weighted by Gasteiger charge is -2.57. The predicted octanol–water partition coefficient (Wildman–Crippen LogP) is 6.49. The fraction of sp³-hybridized carbons (Fsp3) is 0.815. The molecule has 1 N–H and O–H groups in total. The quantitative estimate of drug-likeness (QED) is 0.538. The molecule has 8 atom stereocenters. The molecular formula is C27H42O2. The number of aliphatic hydroxyl groups excluding tert-OH is 1. The molecule has 162 valence electrons. The first-order valence-corrected chi connectivity index (χ1v) is 12.2. The highest BCUT2D eigenvalue weighted by atomic mass is 16.3. The molecule has 4 rings (SSSR count). The zero-order chi connectivity index (χ0) is 21.0. The van der Waals surface area contributed by atoms with Gasteiger partial charge in [-0.2, -0.15) is 0 Å². The molecule has 0 spiro atoms. The van der Waals surface area contributed by atoms with Gasteiger partial charge in [-0.15, -0.1) is 6.58 Å². The second kappa shape index (κ2) is 7.66. The fourth-order valence-corrected chi connectivity index (χ4v) is 8.28. The average Bonchev–Trinajstić information content (AvgIpc) is 3.00. The molecule has 3 saturated carbocycles. The zero-order valence-corrected chi connectivity index (χ0v) is 19.2. The Balaban J connectivity index is 1.55. The minimum absolute atomic E-state index is 0.143. The zero-order valence-electron chi connectivity index (χ0n) is 19.2. The summed E-state index contributed by atoms with van der Waals surface area (Å²) in [5.74, 6) is 3.18. The summed E-state index contributed by atoms with van der Waals surface area (Å²) in [6, 6.07) is 0. The summed E-state index contributed by atoms with van der Waals surface area (Å²) in [6.45, 7) is 13.6. The molecule has 0 aliphatic heterocycles. The van der Waals surface area contributed by atoms with Crippen molar-refractivity contribution in [2.75, 3.05) is 0 Å². The highest BCUT2D eigenvalue weighted by Crippen LogP contribution is 2.66. The van der Waals surface area contributed by atoms with Gasteiger partial charge in [0, 0.05) is 5.92 Å². The van der Waals surface area contributed by atoms with Crippen LogP contribution in [0.2, 0.25) is 0 Å². The van der Waals surface area contributed by atoms with E-state index in [-0.39, 0.29) is 17.4 Å². The van der Waals surface area contributed by atoms with Gasteiger partial charge in [-0.1, -0.05) is 38.3 Å². The minimum atomic E-state index is -0.247. The van der Waals surface area contributed by atoms with Gasteiger partial charge < -0.3 is 5.11 Å². The molecule has 0 aromatic heterocycles. The van der Waals surface area contributed by atoms with Crippen LogP contribution in [0, 0.1) is 40.4 Å². The standard InChI is InChI=1S/C27H42O2/c1-17(2)7-6-8-18(3)21-9-10-22-25-23(12-14-27(21,22)5)26(4)13-11-20(28)15-19(26)16-24(25)29/h16,18,20-23,25,28H,1,6-15H2,2-5H3/t18-,20+,21-,22+,23+,25+,26+,27-/m1/s1. The number of hydrogen-bond donors (Lipinski definition) is 1. The van der Waals surface area contributed by atoms with Crippen molar-refractivity contribution in [3.05, 3.63) is 23.8 Å². The largest absolute Gasteiger partial charge is 0.393 e. The van der Waals surface area contributed by atoms with Crippen LogP contribution in [0.1, 0.15) is 91.9 Å². The van der Waals surface area contributed by atoms with E-state index in [2.05, 4.69) is 34.3 Å². The van der Waals surface area contributed by atoms with Crippen molar-refractivity contribution in [2.24, 2.45) is 40.4 Å². The summed E-state index contributed by atoms with van der Waals surface area (Å²) in [7, 11) is 0. The van der Waals surface area contributed by atoms with Gasteiger partial charge in [-0.25, -0.2) is 0 Å². The highest BCUT2D eigenvalue weighted by molar-refractivity contribution is 5.94. The molecular weight excluding hydrogens is 356 g/mol. The Kier molecular flexibility index (Phi) is 5.64. The number of carbonyl (C=O) groups excluding carboxylic acids is 1. The first-order valence-electron chi connectivity index (χ1n) is 12.2. The summed E-state index contributed by atoms with van der Waals surface area (Å²) in [4.78, 5) is 13.4. The van der Waals surface area contributed by atoms with Crippen LogP contribution >= 0.6 is 0 Å². The van der Waals surface area contributed by atoms with Crippen molar-refractivity contribution in [2.45, 2.75) is 98.0 Å². The highest BCUT2D eigenvalue weighted by Gasteiger charge is 2.61. The summed E-state index contributed by atoms with van der Waals surface area (Å²) in [6.07, 6.45) is 13.1. The van der Waals surface area contributed by atoms with Crippen LogP contribution < -0.4 is 0 Å². The molecule has 0 bridgehead atoms. The van der Waals surface area contributed by atoms with Crippen molar-refractivity contribution in [1.29, 1.82) is 0 Å². The first kappa shape index (κ1) is 21.3. The third-order valence-corrected chi connectivity index (χ3v) is 9.94. The Bertz CT molecular complexity index is 705. The molecule has 0 radical (unpaired) electrons. The van der Waals surface area contributed by atoms with E-state index in [4.69, 9.17) is 0 Å². The normalized spacial score (nSPS) is 45.1. The van der Waals surface area contributed by atoms with Gasteiger partial charge in [0.15, 0.2) is 5.78 Å². The van der Waals surface area contributed by atoms with E-state index in [0.717, 1.165) is 37.5 Å². The van der Waals surface area contributed by atoms with Crippen molar-refractivity contribution in [1.82, 2.24) is 0 Å². The smallest absolute Gasteiger partial charge is 0.159 e. The summed E-state index contributed by atoms with van der Waals surface area (Å²) >= 11 is 0. The molecule has 2 heteroatoms. The average molecular weight is 399 g/mol. The van der Waals surface area contributed by atoms with Gasteiger partial charge in [0.25, 0.3) is 0 Å². The number of fused-ring (bicyclic) bond motifs is 5. The van der Waals surface area contributed by atoms with E-state index in [0.29, 0.717) is 23.0 Å². The molecule has 2 nitrogen and oxygen atoms in total. The maximum atomic E-state index is 13.4. The Morgan fingerprint density at radius 1 is 1.21 bits per heavy atom. The Labute approximate surface area is 178 Å². The van der Waals surface area contributed by atoms with Crippen LogP contribution in [-0.2, 0) is 4.79 Å². The van der Waals surface area contributed by atoms with Crippen LogP contribution in [0.25, 0.3) is 0 Å². The van der Waals surface area contributed by atoms with Crippen LogP contribution in [0.4, 0.5) is 0 Å². The lowest BCUT2D eigenvalue weighted by molar-refractivity contribution is -0.135. The van der Waals surface area contributed by atoms with Crippen molar-refractivity contribution >= 4 is 5.78 Å². The number of carbonyl (C=O) groups is 1. The molecule has 0 aromatic rings. The second-order valence-electron chi connectivity index (χ2n) is 11.7. The SMILES string of the molecule is C=C(C)CCC[C@@H](C)[C@H]1CC[C@H]2[C@@H]3C(=O)C=C4C[C@@H](O)CC[C@]4(C)[C@H]3CC[C@]12C. The summed E-state index contributed by atoms with van der Waals surface area (Å²) in [5.41, 5.74) is 3.03. The molecule has 3 fully saturated rings. The number of hydrogen-bond acceptors (Lipinski definition) is 2. The molecule has 0 amide bonds. The lowest BCUT2D eigenvalue weighted by Crippen LogP contribution is -2.53. The molecule has 0 saturated heterocycles. The van der Waals surface area contributed by atoms with E-state index in [1.165, 1.54) is 49.7 Å². The van der Waals surface area contributed by atoms with E-state index >= 15 is 0 Å².